The van der Waals surface area contributed by atoms with Crippen LogP contribution in [0.4, 0.5) is 13.2 Å². The molecule has 0 aliphatic carbocycles. The Labute approximate surface area is 135 Å². The maximum atomic E-state index is 12.3. The molecule has 0 fully saturated rings. The van der Waals surface area contributed by atoms with Crippen LogP contribution in [0.25, 0.3) is 0 Å². The molecular formula is C12H13F3N4O4S. The lowest BCUT2D eigenvalue weighted by Gasteiger charge is -2.31. The third-order valence-electron chi connectivity index (χ3n) is 2.86. The second-order valence-electron chi connectivity index (χ2n) is 4.80. The average molecular weight is 366 g/mol. The van der Waals surface area contributed by atoms with Crippen molar-refractivity contribution in [3.8, 4) is 5.75 Å². The van der Waals surface area contributed by atoms with E-state index in [-0.39, 0.29) is 11.4 Å². The van der Waals surface area contributed by atoms with Crippen LogP contribution in [0.3, 0.4) is 0 Å². The van der Waals surface area contributed by atoms with Gasteiger partial charge in [-0.15, -0.1) is 18.0 Å². The number of hydrazine groups is 1. The third-order valence-corrected chi connectivity index (χ3v) is 4.22. The Balaban J connectivity index is 2.15. The molecule has 0 radical (unpaired) electrons. The minimum absolute atomic E-state index is 0.0604. The summed E-state index contributed by atoms with van der Waals surface area (Å²) in [7, 11) is -4.10. The fourth-order valence-electron chi connectivity index (χ4n) is 1.85. The van der Waals surface area contributed by atoms with E-state index in [1.165, 1.54) is 0 Å². The quantitative estimate of drug-likeness (QED) is 0.740. The highest BCUT2D eigenvalue weighted by Crippen LogP contribution is 2.24. The smallest absolute Gasteiger partial charge is 0.406 e. The summed E-state index contributed by atoms with van der Waals surface area (Å²) < 4.78 is 64.5. The number of nitrogens with one attached hydrogen (secondary N) is 2. The summed E-state index contributed by atoms with van der Waals surface area (Å²) in [6, 6.07) is 3.66. The molecule has 0 amide bonds. The second kappa shape index (κ2) is 6.75. The number of carbonyl (C=O) groups is 1. The largest absolute Gasteiger partial charge is 0.573 e. The number of nitrogens with zero attached hydrogens (tertiary/aromatic N) is 2. The number of halogens is 3. The van der Waals surface area contributed by atoms with E-state index in [0.29, 0.717) is 12.0 Å². The number of hydrogen-bond acceptors (Lipinski definition) is 7. The van der Waals surface area contributed by atoms with Gasteiger partial charge in [0.25, 0.3) is 10.0 Å². The molecule has 12 heteroatoms. The number of carbonyl (C=O) groups excluding carboxylic acids is 1. The summed E-state index contributed by atoms with van der Waals surface area (Å²) in [5, 5.41) is 4.92. The highest BCUT2D eigenvalue weighted by molar-refractivity contribution is 7.89. The number of alkyl halides is 3. The molecule has 0 spiro atoms. The highest BCUT2D eigenvalue weighted by Gasteiger charge is 2.31. The Bertz CT molecular complexity index is 734. The topological polar surface area (TPSA) is 100 Å². The van der Waals surface area contributed by atoms with Crippen molar-refractivity contribution in [2.24, 2.45) is 5.10 Å². The Morgan fingerprint density at radius 1 is 1.38 bits per heavy atom. The van der Waals surface area contributed by atoms with E-state index in [2.05, 4.69) is 20.1 Å². The fraction of sp³-hybridized carbons (Fsp3) is 0.333. The molecule has 0 aromatic heterocycles. The lowest BCUT2D eigenvalue weighted by Crippen LogP contribution is -2.58. The SMILES string of the molecule is CC1=NNC(C=O)N(NS(=O)(=O)c2ccc(OC(F)(F)F)cc2)C1. The predicted octanol–water partition coefficient (Wildman–Crippen LogP) is 0.585. The van der Waals surface area contributed by atoms with Gasteiger partial charge in [-0.25, -0.2) is 8.42 Å². The molecule has 1 aliphatic heterocycles. The lowest BCUT2D eigenvalue weighted by atomic mass is 10.3. The van der Waals surface area contributed by atoms with Crippen LogP contribution < -0.4 is 15.0 Å². The first-order valence-corrected chi connectivity index (χ1v) is 7.98. The second-order valence-corrected chi connectivity index (χ2v) is 6.46. The van der Waals surface area contributed by atoms with E-state index >= 15 is 0 Å². The van der Waals surface area contributed by atoms with Gasteiger partial charge in [0.05, 0.1) is 17.2 Å². The first-order chi connectivity index (χ1) is 11.1. The molecule has 1 unspecified atom stereocenters. The number of aldehydes is 1. The van der Waals surface area contributed by atoms with Gasteiger partial charge >= 0.3 is 6.36 Å². The van der Waals surface area contributed by atoms with Gasteiger partial charge in [-0.05, 0) is 31.2 Å². The lowest BCUT2D eigenvalue weighted by molar-refractivity contribution is -0.274. The first kappa shape index (κ1) is 18.2. The van der Waals surface area contributed by atoms with E-state index in [9.17, 15) is 26.4 Å². The van der Waals surface area contributed by atoms with Gasteiger partial charge in [0, 0.05) is 0 Å². The van der Waals surface area contributed by atoms with E-state index in [0.717, 1.165) is 29.3 Å². The van der Waals surface area contributed by atoms with Gasteiger partial charge in [-0.1, -0.05) is 0 Å². The molecule has 1 heterocycles. The van der Waals surface area contributed by atoms with Crippen molar-refractivity contribution in [3.05, 3.63) is 24.3 Å². The van der Waals surface area contributed by atoms with Gasteiger partial charge in [0.1, 0.15) is 5.75 Å². The van der Waals surface area contributed by atoms with Crippen LogP contribution in [0.5, 0.6) is 5.75 Å². The molecule has 0 saturated carbocycles. The molecule has 2 rings (SSSR count). The molecule has 1 aliphatic rings. The Kier molecular flexibility index (Phi) is 5.11. The number of rotatable bonds is 5. The van der Waals surface area contributed by atoms with Crippen LogP contribution >= 0.6 is 0 Å². The molecular weight excluding hydrogens is 353 g/mol. The maximum Gasteiger partial charge on any atom is 0.573 e. The van der Waals surface area contributed by atoms with Gasteiger partial charge in [0.2, 0.25) is 0 Å². The van der Waals surface area contributed by atoms with E-state index < -0.39 is 28.3 Å². The van der Waals surface area contributed by atoms with Crippen LogP contribution in [0.2, 0.25) is 0 Å². The molecule has 0 bridgehead atoms. The van der Waals surface area contributed by atoms with Crippen LogP contribution in [-0.2, 0) is 14.8 Å². The first-order valence-electron chi connectivity index (χ1n) is 6.49. The summed E-state index contributed by atoms with van der Waals surface area (Å²) in [4.78, 5) is 12.8. The van der Waals surface area contributed by atoms with Gasteiger partial charge in [-0.3, -0.25) is 10.2 Å². The van der Waals surface area contributed by atoms with Crippen LogP contribution in [0, 0.1) is 0 Å². The number of sulfonamides is 1. The number of hydrogen-bond donors (Lipinski definition) is 2. The van der Waals surface area contributed by atoms with E-state index in [1.807, 2.05) is 0 Å². The maximum absolute atomic E-state index is 12.3. The summed E-state index contributed by atoms with van der Waals surface area (Å²) in [6.07, 6.45) is -5.42. The van der Waals surface area contributed by atoms with Gasteiger partial charge in [-0.2, -0.15) is 10.1 Å². The average Bonchev–Trinajstić information content (AvgIpc) is 2.46. The van der Waals surface area contributed by atoms with Crippen molar-refractivity contribution in [3.63, 3.8) is 0 Å². The fourth-order valence-corrected chi connectivity index (χ4v) is 2.93. The van der Waals surface area contributed by atoms with Gasteiger partial charge < -0.3 is 4.74 Å². The molecule has 132 valence electrons. The molecule has 1 aromatic rings. The summed E-state index contributed by atoms with van der Waals surface area (Å²) in [6.45, 7) is 1.68. The van der Waals surface area contributed by atoms with Crippen LogP contribution in [0.15, 0.2) is 34.3 Å². The van der Waals surface area contributed by atoms with Crippen molar-refractivity contribution >= 4 is 22.0 Å². The normalized spacial score (nSPS) is 19.3. The number of ether oxygens (including phenoxy) is 1. The Morgan fingerprint density at radius 2 is 2.00 bits per heavy atom. The molecule has 8 nitrogen and oxygen atoms in total. The standard InChI is InChI=1S/C12H13F3N4O4S/c1-8-6-19(11(7-20)17-16-8)18-24(21,22)10-4-2-9(3-5-10)23-12(13,14)15/h2-5,7,11,17-18H,6H2,1H3. The predicted molar refractivity (Wildman–Crippen MR) is 76.2 cm³/mol. The Morgan fingerprint density at radius 3 is 2.54 bits per heavy atom. The van der Waals surface area contributed by atoms with Crippen LogP contribution in [0.1, 0.15) is 6.92 Å². The summed E-state index contributed by atoms with van der Waals surface area (Å²) in [5.41, 5.74) is 2.98. The molecule has 24 heavy (non-hydrogen) atoms. The Hall–Kier alpha value is -2.18. The summed E-state index contributed by atoms with van der Waals surface area (Å²) >= 11 is 0. The molecule has 2 N–H and O–H groups in total. The monoisotopic (exact) mass is 366 g/mol. The minimum Gasteiger partial charge on any atom is -0.406 e. The number of hydrazone groups is 1. The third kappa shape index (κ3) is 4.66. The van der Waals surface area contributed by atoms with Crippen molar-refractivity contribution in [1.29, 1.82) is 0 Å². The van der Waals surface area contributed by atoms with Crippen LogP contribution in [-0.4, -0.2) is 44.5 Å². The highest BCUT2D eigenvalue weighted by atomic mass is 32.2. The zero-order valence-electron chi connectivity index (χ0n) is 12.2. The molecule has 0 saturated heterocycles. The van der Waals surface area contributed by atoms with Crippen molar-refractivity contribution < 1.29 is 31.1 Å². The van der Waals surface area contributed by atoms with E-state index in [1.54, 1.807) is 6.92 Å². The van der Waals surface area contributed by atoms with Crippen molar-refractivity contribution in [2.45, 2.75) is 24.3 Å². The van der Waals surface area contributed by atoms with Crippen molar-refractivity contribution in [1.82, 2.24) is 15.3 Å². The van der Waals surface area contributed by atoms with E-state index in [4.69, 9.17) is 0 Å². The minimum atomic E-state index is -4.87. The zero-order valence-corrected chi connectivity index (χ0v) is 13.1. The summed E-state index contributed by atoms with van der Waals surface area (Å²) in [5.74, 6) is -0.546. The molecule has 1 aromatic carbocycles. The van der Waals surface area contributed by atoms with Gasteiger partial charge in [0.15, 0.2) is 12.5 Å². The molecule has 1 atom stereocenters. The number of benzene rings is 1. The van der Waals surface area contributed by atoms with Crippen molar-refractivity contribution in [2.75, 3.05) is 6.54 Å². The zero-order chi connectivity index (χ0) is 18.0.